The number of benzene rings is 1. The van der Waals surface area contributed by atoms with E-state index in [0.29, 0.717) is 12.8 Å². The van der Waals surface area contributed by atoms with Crippen LogP contribution in [0.4, 0.5) is 5.69 Å². The minimum absolute atomic E-state index is 0.0879. The number of ether oxygens (including phenoxy) is 1. The quantitative estimate of drug-likeness (QED) is 0.518. The standard InChI is InChI=1S/C14H16N2O5/c1-21-13(18)14(8-2-3-9-14)15-12(17)10-4-6-11(7-5-10)16(19)20/h4-7H,2-3,8-9H2,1H3,(H,15,17). The highest BCUT2D eigenvalue weighted by Crippen LogP contribution is 2.31. The van der Waals surface area contributed by atoms with E-state index in [9.17, 15) is 19.7 Å². The molecule has 0 heterocycles. The highest BCUT2D eigenvalue weighted by Gasteiger charge is 2.43. The molecule has 1 aliphatic carbocycles. The third kappa shape index (κ3) is 3.01. The van der Waals surface area contributed by atoms with Crippen LogP contribution in [0.2, 0.25) is 0 Å². The van der Waals surface area contributed by atoms with Crippen LogP contribution in [-0.4, -0.2) is 29.4 Å². The fourth-order valence-corrected chi connectivity index (χ4v) is 2.58. The number of methoxy groups -OCH3 is 1. The van der Waals surface area contributed by atoms with Gasteiger partial charge in [0.2, 0.25) is 0 Å². The first-order valence-electron chi connectivity index (χ1n) is 6.64. The Kier molecular flexibility index (Phi) is 4.21. The van der Waals surface area contributed by atoms with Crippen LogP contribution < -0.4 is 5.32 Å². The molecule has 1 aliphatic rings. The second kappa shape index (κ2) is 5.90. The number of hydrogen-bond donors (Lipinski definition) is 1. The lowest BCUT2D eigenvalue weighted by Gasteiger charge is -2.27. The zero-order valence-electron chi connectivity index (χ0n) is 11.6. The molecule has 1 amide bonds. The molecular weight excluding hydrogens is 276 g/mol. The summed E-state index contributed by atoms with van der Waals surface area (Å²) in [5, 5.41) is 13.3. The van der Waals surface area contributed by atoms with Crippen LogP contribution in [0, 0.1) is 10.1 Å². The molecule has 0 saturated heterocycles. The Labute approximate surface area is 121 Å². The SMILES string of the molecule is COC(=O)C1(NC(=O)c2ccc([N+](=O)[O-])cc2)CCCC1. The summed E-state index contributed by atoms with van der Waals surface area (Å²) in [6, 6.07) is 5.25. The van der Waals surface area contributed by atoms with E-state index in [0.717, 1.165) is 12.8 Å². The summed E-state index contributed by atoms with van der Waals surface area (Å²) >= 11 is 0. The molecule has 7 heteroatoms. The van der Waals surface area contributed by atoms with Crippen LogP contribution in [0.1, 0.15) is 36.0 Å². The summed E-state index contributed by atoms with van der Waals surface area (Å²) in [6.45, 7) is 0. The van der Waals surface area contributed by atoms with Gasteiger partial charge in [-0.2, -0.15) is 0 Å². The van der Waals surface area contributed by atoms with Crippen LogP contribution in [0.5, 0.6) is 0 Å². The number of carbonyl (C=O) groups excluding carboxylic acids is 2. The predicted octanol–water partition coefficient (Wildman–Crippen LogP) is 1.81. The molecule has 112 valence electrons. The first kappa shape index (κ1) is 15.0. The van der Waals surface area contributed by atoms with Crippen molar-refractivity contribution in [3.8, 4) is 0 Å². The molecule has 0 aliphatic heterocycles. The zero-order chi connectivity index (χ0) is 15.5. The number of amides is 1. The molecule has 1 aromatic rings. The van der Waals surface area contributed by atoms with E-state index >= 15 is 0 Å². The molecule has 21 heavy (non-hydrogen) atoms. The van der Waals surface area contributed by atoms with E-state index in [1.54, 1.807) is 0 Å². The molecule has 2 rings (SSSR count). The molecular formula is C14H16N2O5. The molecule has 1 saturated carbocycles. The van der Waals surface area contributed by atoms with E-state index in [2.05, 4.69) is 5.32 Å². The second-order valence-electron chi connectivity index (χ2n) is 5.04. The lowest BCUT2D eigenvalue weighted by Crippen LogP contribution is -2.53. The van der Waals surface area contributed by atoms with E-state index in [1.165, 1.54) is 31.4 Å². The van der Waals surface area contributed by atoms with Gasteiger partial charge >= 0.3 is 5.97 Å². The maximum atomic E-state index is 12.2. The molecule has 1 aromatic carbocycles. The summed E-state index contributed by atoms with van der Waals surface area (Å²) in [6.07, 6.45) is 2.77. The second-order valence-corrected chi connectivity index (χ2v) is 5.04. The fourth-order valence-electron chi connectivity index (χ4n) is 2.58. The predicted molar refractivity (Wildman–Crippen MR) is 73.8 cm³/mol. The van der Waals surface area contributed by atoms with Gasteiger partial charge in [0, 0.05) is 17.7 Å². The highest BCUT2D eigenvalue weighted by atomic mass is 16.6. The van der Waals surface area contributed by atoms with E-state index in [4.69, 9.17) is 4.74 Å². The Morgan fingerprint density at radius 3 is 2.29 bits per heavy atom. The van der Waals surface area contributed by atoms with Gasteiger partial charge in [-0.15, -0.1) is 0 Å². The summed E-state index contributed by atoms with van der Waals surface area (Å²) in [7, 11) is 1.29. The van der Waals surface area contributed by atoms with Gasteiger partial charge in [-0.1, -0.05) is 12.8 Å². The third-order valence-corrected chi connectivity index (χ3v) is 3.73. The molecule has 0 radical (unpaired) electrons. The van der Waals surface area contributed by atoms with Gasteiger partial charge in [0.15, 0.2) is 0 Å². The van der Waals surface area contributed by atoms with Gasteiger partial charge in [-0.25, -0.2) is 4.79 Å². The van der Waals surface area contributed by atoms with Gasteiger partial charge in [0.1, 0.15) is 5.54 Å². The van der Waals surface area contributed by atoms with Crippen molar-refractivity contribution < 1.29 is 19.2 Å². The number of non-ortho nitro benzene ring substituents is 1. The molecule has 0 aromatic heterocycles. The molecule has 0 unspecified atom stereocenters. The smallest absolute Gasteiger partial charge is 0.331 e. The van der Waals surface area contributed by atoms with Crippen LogP contribution in [0.25, 0.3) is 0 Å². The normalized spacial score (nSPS) is 16.2. The highest BCUT2D eigenvalue weighted by molar-refractivity contribution is 5.98. The summed E-state index contributed by atoms with van der Waals surface area (Å²) in [5.74, 6) is -0.882. The maximum Gasteiger partial charge on any atom is 0.331 e. The third-order valence-electron chi connectivity index (χ3n) is 3.73. The van der Waals surface area contributed by atoms with Crippen molar-refractivity contribution in [2.75, 3.05) is 7.11 Å². The van der Waals surface area contributed by atoms with Crippen molar-refractivity contribution in [2.24, 2.45) is 0 Å². The largest absolute Gasteiger partial charge is 0.467 e. The summed E-state index contributed by atoms with van der Waals surface area (Å²) < 4.78 is 4.78. The number of hydrogen-bond acceptors (Lipinski definition) is 5. The van der Waals surface area contributed by atoms with Gasteiger partial charge < -0.3 is 10.1 Å². The van der Waals surface area contributed by atoms with Gasteiger partial charge in [0.05, 0.1) is 12.0 Å². The molecule has 1 N–H and O–H groups in total. The fraction of sp³-hybridized carbons (Fsp3) is 0.429. The number of esters is 1. The number of nitro groups is 1. The van der Waals surface area contributed by atoms with Gasteiger partial charge in [-0.3, -0.25) is 14.9 Å². The summed E-state index contributed by atoms with van der Waals surface area (Å²) in [5.41, 5.74) is -0.793. The van der Waals surface area contributed by atoms with Gasteiger partial charge in [0.25, 0.3) is 11.6 Å². The average molecular weight is 292 g/mol. The number of rotatable bonds is 4. The maximum absolute atomic E-state index is 12.2. The number of nitrogens with zero attached hydrogens (tertiary/aromatic N) is 1. The Morgan fingerprint density at radius 1 is 1.24 bits per heavy atom. The van der Waals surface area contributed by atoms with Crippen LogP contribution >= 0.6 is 0 Å². The first-order chi connectivity index (χ1) is 9.98. The van der Waals surface area contributed by atoms with Crippen LogP contribution in [0.15, 0.2) is 24.3 Å². The van der Waals surface area contributed by atoms with Crippen LogP contribution in [-0.2, 0) is 9.53 Å². The molecule has 7 nitrogen and oxygen atoms in total. The average Bonchev–Trinajstić information content (AvgIpc) is 2.96. The Hall–Kier alpha value is -2.44. The van der Waals surface area contributed by atoms with Gasteiger partial charge in [-0.05, 0) is 25.0 Å². The van der Waals surface area contributed by atoms with Crippen molar-refractivity contribution in [3.63, 3.8) is 0 Å². The van der Waals surface area contributed by atoms with Crippen molar-refractivity contribution in [3.05, 3.63) is 39.9 Å². The first-order valence-corrected chi connectivity index (χ1v) is 6.64. The van der Waals surface area contributed by atoms with Crippen LogP contribution in [0.3, 0.4) is 0 Å². The monoisotopic (exact) mass is 292 g/mol. The summed E-state index contributed by atoms with van der Waals surface area (Å²) in [4.78, 5) is 34.2. The lowest BCUT2D eigenvalue weighted by molar-refractivity contribution is -0.384. The lowest BCUT2D eigenvalue weighted by atomic mass is 9.97. The number of carbonyl (C=O) groups is 2. The molecule has 0 atom stereocenters. The van der Waals surface area contributed by atoms with E-state index < -0.39 is 22.3 Å². The number of nitro benzene ring substituents is 1. The Bertz CT molecular complexity index is 561. The van der Waals surface area contributed by atoms with E-state index in [-0.39, 0.29) is 11.3 Å². The number of nitrogens with one attached hydrogen (secondary N) is 1. The minimum Gasteiger partial charge on any atom is -0.467 e. The molecule has 0 bridgehead atoms. The van der Waals surface area contributed by atoms with Crippen molar-refractivity contribution in [2.45, 2.75) is 31.2 Å². The van der Waals surface area contributed by atoms with E-state index in [1.807, 2.05) is 0 Å². The van der Waals surface area contributed by atoms with Crippen molar-refractivity contribution >= 4 is 17.6 Å². The minimum atomic E-state index is -0.979. The molecule has 0 spiro atoms. The van der Waals surface area contributed by atoms with Crippen molar-refractivity contribution in [1.82, 2.24) is 5.32 Å². The zero-order valence-corrected chi connectivity index (χ0v) is 11.6. The van der Waals surface area contributed by atoms with Crippen molar-refractivity contribution in [1.29, 1.82) is 0 Å². The Morgan fingerprint density at radius 2 is 1.81 bits per heavy atom. The Balaban J connectivity index is 2.16. The topological polar surface area (TPSA) is 98.5 Å². The molecule has 1 fully saturated rings.